The zero-order valence-corrected chi connectivity index (χ0v) is 13.0. The molecular formula is C15H25N5O2. The SMILES string of the molecule is O=C(NCCCn1nc2n(c1=O)CCCC2)NC1CCCC1. The van der Waals surface area contributed by atoms with Crippen molar-refractivity contribution in [2.45, 2.75) is 70.5 Å². The zero-order valence-electron chi connectivity index (χ0n) is 13.0. The maximum atomic E-state index is 12.1. The second-order valence-electron chi connectivity index (χ2n) is 6.27. The Bertz CT molecular complexity index is 571. The fourth-order valence-electron chi connectivity index (χ4n) is 3.33. The summed E-state index contributed by atoms with van der Waals surface area (Å²) < 4.78 is 3.32. The van der Waals surface area contributed by atoms with Crippen LogP contribution < -0.4 is 16.3 Å². The minimum Gasteiger partial charge on any atom is -0.338 e. The highest BCUT2D eigenvalue weighted by Crippen LogP contribution is 2.17. The summed E-state index contributed by atoms with van der Waals surface area (Å²) in [5.74, 6) is 0.906. The maximum absolute atomic E-state index is 12.1. The molecule has 2 amide bonds. The minimum absolute atomic E-state index is 0.00916. The topological polar surface area (TPSA) is 81.0 Å². The molecule has 22 heavy (non-hydrogen) atoms. The van der Waals surface area contributed by atoms with Gasteiger partial charge in [-0.25, -0.2) is 14.3 Å². The third-order valence-electron chi connectivity index (χ3n) is 4.55. The van der Waals surface area contributed by atoms with Crippen LogP contribution in [0.15, 0.2) is 4.79 Å². The molecule has 1 aliphatic heterocycles. The average Bonchev–Trinajstić information content (AvgIpc) is 3.13. The summed E-state index contributed by atoms with van der Waals surface area (Å²) >= 11 is 0. The number of nitrogens with one attached hydrogen (secondary N) is 2. The van der Waals surface area contributed by atoms with E-state index in [1.807, 2.05) is 0 Å². The smallest absolute Gasteiger partial charge is 0.338 e. The molecule has 0 atom stereocenters. The van der Waals surface area contributed by atoms with Gasteiger partial charge in [-0.15, -0.1) is 0 Å². The molecule has 0 aromatic carbocycles. The molecule has 1 aliphatic carbocycles. The first-order valence-electron chi connectivity index (χ1n) is 8.45. The van der Waals surface area contributed by atoms with Gasteiger partial charge in [0.15, 0.2) is 0 Å². The van der Waals surface area contributed by atoms with Crippen molar-refractivity contribution >= 4 is 6.03 Å². The van der Waals surface area contributed by atoms with Gasteiger partial charge in [-0.1, -0.05) is 12.8 Å². The molecule has 1 saturated carbocycles. The van der Waals surface area contributed by atoms with Gasteiger partial charge in [-0.05, 0) is 32.1 Å². The Morgan fingerprint density at radius 2 is 2.05 bits per heavy atom. The van der Waals surface area contributed by atoms with Crippen LogP contribution >= 0.6 is 0 Å². The van der Waals surface area contributed by atoms with Crippen molar-refractivity contribution in [1.82, 2.24) is 25.0 Å². The van der Waals surface area contributed by atoms with Gasteiger partial charge in [0.05, 0.1) is 0 Å². The fraction of sp³-hybridized carbons (Fsp3) is 0.800. The molecule has 1 fully saturated rings. The lowest BCUT2D eigenvalue weighted by atomic mass is 10.2. The highest BCUT2D eigenvalue weighted by molar-refractivity contribution is 5.74. The van der Waals surface area contributed by atoms with Crippen LogP contribution in [0.1, 0.15) is 50.8 Å². The fourth-order valence-corrected chi connectivity index (χ4v) is 3.33. The van der Waals surface area contributed by atoms with Crippen LogP contribution in [0.3, 0.4) is 0 Å². The highest BCUT2D eigenvalue weighted by atomic mass is 16.2. The molecule has 2 N–H and O–H groups in total. The van der Waals surface area contributed by atoms with E-state index in [4.69, 9.17) is 0 Å². The quantitative estimate of drug-likeness (QED) is 0.797. The predicted molar refractivity (Wildman–Crippen MR) is 82.8 cm³/mol. The minimum atomic E-state index is -0.0941. The normalized spacial score (nSPS) is 18.2. The number of amides is 2. The van der Waals surface area contributed by atoms with Gasteiger partial charge in [0.1, 0.15) is 5.82 Å². The van der Waals surface area contributed by atoms with Crippen molar-refractivity contribution < 1.29 is 4.79 Å². The summed E-state index contributed by atoms with van der Waals surface area (Å²) in [5.41, 5.74) is -0.00916. The molecule has 0 bridgehead atoms. The molecular weight excluding hydrogens is 282 g/mol. The van der Waals surface area contributed by atoms with E-state index in [2.05, 4.69) is 15.7 Å². The summed E-state index contributed by atoms with van der Waals surface area (Å²) in [6.45, 7) is 1.91. The first-order chi connectivity index (χ1) is 10.7. The van der Waals surface area contributed by atoms with Crippen LogP contribution in [0.5, 0.6) is 0 Å². The molecule has 2 heterocycles. The van der Waals surface area contributed by atoms with E-state index < -0.39 is 0 Å². The molecule has 3 rings (SSSR count). The van der Waals surface area contributed by atoms with Crippen molar-refractivity contribution in [3.8, 4) is 0 Å². The second kappa shape index (κ2) is 6.98. The number of aryl methyl sites for hydroxylation is 2. The molecule has 2 aliphatic rings. The van der Waals surface area contributed by atoms with Crippen LogP contribution in [0.2, 0.25) is 0 Å². The van der Waals surface area contributed by atoms with Gasteiger partial charge in [0, 0.05) is 32.1 Å². The monoisotopic (exact) mass is 307 g/mol. The van der Waals surface area contributed by atoms with E-state index >= 15 is 0 Å². The number of carbonyl (C=O) groups is 1. The van der Waals surface area contributed by atoms with Crippen molar-refractivity contribution in [3.63, 3.8) is 0 Å². The van der Waals surface area contributed by atoms with Gasteiger partial charge < -0.3 is 10.6 Å². The molecule has 122 valence electrons. The van der Waals surface area contributed by atoms with Crippen LogP contribution in [0.25, 0.3) is 0 Å². The van der Waals surface area contributed by atoms with E-state index in [1.54, 1.807) is 4.57 Å². The molecule has 7 heteroatoms. The van der Waals surface area contributed by atoms with E-state index in [0.29, 0.717) is 25.6 Å². The summed E-state index contributed by atoms with van der Waals surface area (Å²) in [6.07, 6.45) is 8.36. The van der Waals surface area contributed by atoms with E-state index in [1.165, 1.54) is 17.5 Å². The number of fused-ring (bicyclic) bond motifs is 1. The number of carbonyl (C=O) groups excluding carboxylic acids is 1. The summed E-state index contributed by atoms with van der Waals surface area (Å²) in [5, 5.41) is 10.2. The average molecular weight is 307 g/mol. The maximum Gasteiger partial charge on any atom is 0.345 e. The molecule has 0 spiro atoms. The second-order valence-corrected chi connectivity index (χ2v) is 6.27. The lowest BCUT2D eigenvalue weighted by molar-refractivity contribution is 0.236. The first kappa shape index (κ1) is 15.1. The van der Waals surface area contributed by atoms with Crippen molar-refractivity contribution in [3.05, 3.63) is 16.3 Å². The number of rotatable bonds is 5. The van der Waals surface area contributed by atoms with Gasteiger partial charge in [-0.2, -0.15) is 5.10 Å². The molecule has 0 radical (unpaired) electrons. The number of aromatic nitrogens is 3. The van der Waals surface area contributed by atoms with Gasteiger partial charge >= 0.3 is 11.7 Å². The van der Waals surface area contributed by atoms with Gasteiger partial charge in [0.25, 0.3) is 0 Å². The summed E-state index contributed by atoms with van der Waals surface area (Å²) in [6, 6.07) is 0.242. The highest BCUT2D eigenvalue weighted by Gasteiger charge is 2.17. The summed E-state index contributed by atoms with van der Waals surface area (Å²) in [7, 11) is 0. The molecule has 7 nitrogen and oxygen atoms in total. The largest absolute Gasteiger partial charge is 0.345 e. The lowest BCUT2D eigenvalue weighted by Gasteiger charge is -2.12. The summed E-state index contributed by atoms with van der Waals surface area (Å²) in [4.78, 5) is 23.9. The lowest BCUT2D eigenvalue weighted by Crippen LogP contribution is -2.41. The predicted octanol–water partition coefficient (Wildman–Crippen LogP) is 1.01. The van der Waals surface area contributed by atoms with Crippen LogP contribution in [0, 0.1) is 0 Å². The Labute approximate surface area is 130 Å². The Morgan fingerprint density at radius 3 is 2.82 bits per heavy atom. The first-order valence-corrected chi connectivity index (χ1v) is 8.45. The third-order valence-corrected chi connectivity index (χ3v) is 4.55. The number of hydrogen-bond acceptors (Lipinski definition) is 3. The van der Waals surface area contributed by atoms with Gasteiger partial charge in [-0.3, -0.25) is 4.57 Å². The van der Waals surface area contributed by atoms with Gasteiger partial charge in [0.2, 0.25) is 0 Å². The number of nitrogens with zero attached hydrogens (tertiary/aromatic N) is 3. The van der Waals surface area contributed by atoms with E-state index in [-0.39, 0.29) is 11.7 Å². The third kappa shape index (κ3) is 3.51. The van der Waals surface area contributed by atoms with Crippen LogP contribution in [-0.4, -0.2) is 33.0 Å². The van der Waals surface area contributed by atoms with Crippen molar-refractivity contribution in [2.75, 3.05) is 6.54 Å². The Morgan fingerprint density at radius 1 is 1.23 bits per heavy atom. The van der Waals surface area contributed by atoms with Crippen LogP contribution in [-0.2, 0) is 19.5 Å². The Balaban J connectivity index is 1.40. The van der Waals surface area contributed by atoms with E-state index in [9.17, 15) is 9.59 Å². The number of hydrogen-bond donors (Lipinski definition) is 2. The Hall–Kier alpha value is -1.79. The van der Waals surface area contributed by atoms with Crippen molar-refractivity contribution in [1.29, 1.82) is 0 Å². The van der Waals surface area contributed by atoms with Crippen LogP contribution in [0.4, 0.5) is 4.79 Å². The molecule has 0 saturated heterocycles. The van der Waals surface area contributed by atoms with E-state index in [0.717, 1.165) is 44.5 Å². The number of urea groups is 1. The Kier molecular flexibility index (Phi) is 4.80. The molecule has 0 unspecified atom stereocenters. The van der Waals surface area contributed by atoms with Crippen molar-refractivity contribution in [2.24, 2.45) is 0 Å². The molecule has 1 aromatic heterocycles. The molecule has 1 aromatic rings. The zero-order chi connectivity index (χ0) is 15.4. The standard InChI is InChI=1S/C15H25N5O2/c21-14(17-12-6-1-2-7-12)16-9-5-11-20-15(22)19-10-4-3-8-13(19)18-20/h12H,1-11H2,(H2,16,17,21).